The molecule has 0 spiro atoms. The standard InChI is InChI=1S/C43H83NO4/c1-3-5-7-9-11-13-14-15-16-17-18-19-20-21-22-23-24-25-26-27-28-30-32-34-36-38-42(47)43(48)44-40(39-45)41(46)37-35-33-31-29-12-10-8-6-4-2/h12,29,35,37,40-42,45-47H,3-11,13-28,30-34,36,38-39H2,1-2H3,(H,44,48)/b29-12+,37-35+. The summed E-state index contributed by atoms with van der Waals surface area (Å²) in [6.07, 6.45) is 46.6. The van der Waals surface area contributed by atoms with Crippen LogP contribution in [0.1, 0.15) is 219 Å². The van der Waals surface area contributed by atoms with Gasteiger partial charge in [-0.1, -0.05) is 212 Å². The van der Waals surface area contributed by atoms with Crippen LogP contribution in [0.25, 0.3) is 0 Å². The molecule has 0 rings (SSSR count). The monoisotopic (exact) mass is 678 g/mol. The van der Waals surface area contributed by atoms with Crippen molar-refractivity contribution in [2.45, 2.75) is 238 Å². The maximum atomic E-state index is 12.4. The fourth-order valence-corrected chi connectivity index (χ4v) is 6.44. The van der Waals surface area contributed by atoms with Crippen LogP contribution in [0.15, 0.2) is 24.3 Å². The molecule has 0 heterocycles. The van der Waals surface area contributed by atoms with E-state index in [1.165, 1.54) is 161 Å². The molecule has 284 valence electrons. The Morgan fingerprint density at radius 2 is 0.854 bits per heavy atom. The lowest BCUT2D eigenvalue weighted by molar-refractivity contribution is -0.131. The Balaban J connectivity index is 3.55. The van der Waals surface area contributed by atoms with Gasteiger partial charge in [-0.3, -0.25) is 4.79 Å². The van der Waals surface area contributed by atoms with Gasteiger partial charge < -0.3 is 20.6 Å². The second-order valence-corrected chi connectivity index (χ2v) is 14.6. The quantitative estimate of drug-likeness (QED) is 0.0387. The van der Waals surface area contributed by atoms with Crippen molar-refractivity contribution >= 4 is 5.91 Å². The highest BCUT2D eigenvalue weighted by molar-refractivity contribution is 5.80. The van der Waals surface area contributed by atoms with Gasteiger partial charge in [0.1, 0.15) is 6.10 Å². The highest BCUT2D eigenvalue weighted by Crippen LogP contribution is 2.16. The molecule has 4 N–H and O–H groups in total. The van der Waals surface area contributed by atoms with Gasteiger partial charge in [-0.05, 0) is 32.1 Å². The summed E-state index contributed by atoms with van der Waals surface area (Å²) in [5.41, 5.74) is 0. The molecule has 0 bridgehead atoms. The Kier molecular flexibility index (Phi) is 37.7. The van der Waals surface area contributed by atoms with Gasteiger partial charge in [-0.15, -0.1) is 0 Å². The average Bonchev–Trinajstić information content (AvgIpc) is 3.09. The van der Waals surface area contributed by atoms with Gasteiger partial charge in [0.15, 0.2) is 0 Å². The molecule has 0 aliphatic carbocycles. The van der Waals surface area contributed by atoms with E-state index in [9.17, 15) is 20.1 Å². The van der Waals surface area contributed by atoms with E-state index in [2.05, 4.69) is 31.3 Å². The van der Waals surface area contributed by atoms with Crippen molar-refractivity contribution in [2.75, 3.05) is 6.61 Å². The molecule has 0 radical (unpaired) electrons. The van der Waals surface area contributed by atoms with Crippen molar-refractivity contribution in [1.82, 2.24) is 5.32 Å². The predicted octanol–water partition coefficient (Wildman–Crippen LogP) is 11.8. The Labute approximate surface area is 299 Å². The fraction of sp³-hybridized carbons (Fsp3) is 0.884. The molecule has 5 heteroatoms. The highest BCUT2D eigenvalue weighted by atomic mass is 16.3. The molecule has 0 aromatic rings. The molecule has 0 fully saturated rings. The lowest BCUT2D eigenvalue weighted by atomic mass is 10.0. The van der Waals surface area contributed by atoms with Crippen LogP contribution in [0.2, 0.25) is 0 Å². The number of aliphatic hydroxyl groups excluding tert-OH is 3. The number of rotatable bonds is 38. The molecular weight excluding hydrogens is 594 g/mol. The third-order valence-electron chi connectivity index (χ3n) is 9.79. The van der Waals surface area contributed by atoms with E-state index < -0.39 is 24.2 Å². The summed E-state index contributed by atoms with van der Waals surface area (Å²) < 4.78 is 0. The summed E-state index contributed by atoms with van der Waals surface area (Å²) in [5, 5.41) is 32.9. The van der Waals surface area contributed by atoms with Gasteiger partial charge in [0.05, 0.1) is 18.8 Å². The van der Waals surface area contributed by atoms with Crippen LogP contribution in [0.4, 0.5) is 0 Å². The van der Waals surface area contributed by atoms with Crippen LogP contribution in [0, 0.1) is 0 Å². The van der Waals surface area contributed by atoms with Crippen molar-refractivity contribution in [3.63, 3.8) is 0 Å². The van der Waals surface area contributed by atoms with Crippen molar-refractivity contribution < 1.29 is 20.1 Å². The first-order chi connectivity index (χ1) is 23.6. The van der Waals surface area contributed by atoms with E-state index in [1.807, 2.05) is 6.08 Å². The number of aliphatic hydroxyl groups is 3. The number of allylic oxidation sites excluding steroid dienone is 3. The summed E-state index contributed by atoms with van der Waals surface area (Å²) in [5.74, 6) is -0.513. The van der Waals surface area contributed by atoms with Gasteiger partial charge in [0, 0.05) is 0 Å². The topological polar surface area (TPSA) is 89.8 Å². The molecule has 3 unspecified atom stereocenters. The molecule has 0 saturated heterocycles. The zero-order chi connectivity index (χ0) is 35.2. The minimum atomic E-state index is -1.10. The highest BCUT2D eigenvalue weighted by Gasteiger charge is 2.22. The Morgan fingerprint density at radius 3 is 1.27 bits per heavy atom. The number of hydrogen-bond donors (Lipinski definition) is 4. The minimum Gasteiger partial charge on any atom is -0.394 e. The number of carbonyl (C=O) groups is 1. The molecular formula is C43H83NO4. The fourth-order valence-electron chi connectivity index (χ4n) is 6.44. The maximum Gasteiger partial charge on any atom is 0.249 e. The summed E-state index contributed by atoms with van der Waals surface area (Å²) in [6, 6.07) is -0.808. The zero-order valence-electron chi connectivity index (χ0n) is 32.1. The molecule has 0 aliphatic heterocycles. The van der Waals surface area contributed by atoms with Crippen molar-refractivity contribution in [1.29, 1.82) is 0 Å². The minimum absolute atomic E-state index is 0.374. The van der Waals surface area contributed by atoms with Gasteiger partial charge in [0.25, 0.3) is 0 Å². The third kappa shape index (κ3) is 33.3. The summed E-state index contributed by atoms with van der Waals surface area (Å²) >= 11 is 0. The Morgan fingerprint density at radius 1 is 0.500 bits per heavy atom. The van der Waals surface area contributed by atoms with E-state index in [0.29, 0.717) is 6.42 Å². The van der Waals surface area contributed by atoms with Crippen molar-refractivity contribution in [2.24, 2.45) is 0 Å². The average molecular weight is 678 g/mol. The molecule has 0 aromatic heterocycles. The van der Waals surface area contributed by atoms with Crippen LogP contribution in [0.5, 0.6) is 0 Å². The zero-order valence-corrected chi connectivity index (χ0v) is 32.1. The largest absolute Gasteiger partial charge is 0.394 e. The smallest absolute Gasteiger partial charge is 0.249 e. The van der Waals surface area contributed by atoms with E-state index >= 15 is 0 Å². The van der Waals surface area contributed by atoms with Crippen LogP contribution < -0.4 is 5.32 Å². The number of carbonyl (C=O) groups excluding carboxylic acids is 1. The normalized spacial score (nSPS) is 13.9. The second kappa shape index (κ2) is 38.6. The first-order valence-electron chi connectivity index (χ1n) is 21.2. The molecule has 48 heavy (non-hydrogen) atoms. The third-order valence-corrected chi connectivity index (χ3v) is 9.79. The van der Waals surface area contributed by atoms with E-state index in [1.54, 1.807) is 6.08 Å². The van der Waals surface area contributed by atoms with E-state index in [0.717, 1.165) is 38.5 Å². The van der Waals surface area contributed by atoms with Crippen LogP contribution >= 0.6 is 0 Å². The lowest BCUT2D eigenvalue weighted by Crippen LogP contribution is -2.48. The SMILES string of the molecule is CCCCC/C=C/CC/C=C/C(O)C(CO)NC(=O)C(O)CCCCCCCCCCCCCCCCCCCCCCCCCCC. The Bertz CT molecular complexity index is 709. The van der Waals surface area contributed by atoms with E-state index in [-0.39, 0.29) is 6.61 Å². The molecule has 1 amide bonds. The molecule has 0 aromatic carbocycles. The number of hydrogen-bond acceptors (Lipinski definition) is 4. The van der Waals surface area contributed by atoms with Gasteiger partial charge in [-0.2, -0.15) is 0 Å². The molecule has 0 aliphatic rings. The Hall–Kier alpha value is -1.17. The number of nitrogens with one attached hydrogen (secondary N) is 1. The van der Waals surface area contributed by atoms with E-state index in [4.69, 9.17) is 0 Å². The molecule has 5 nitrogen and oxygen atoms in total. The first kappa shape index (κ1) is 46.8. The maximum absolute atomic E-state index is 12.4. The van der Waals surface area contributed by atoms with Crippen molar-refractivity contribution in [3.8, 4) is 0 Å². The van der Waals surface area contributed by atoms with Crippen LogP contribution in [0.3, 0.4) is 0 Å². The first-order valence-corrected chi connectivity index (χ1v) is 21.2. The number of amides is 1. The summed E-state index contributed by atoms with van der Waals surface area (Å²) in [6.45, 7) is 4.12. The van der Waals surface area contributed by atoms with Crippen LogP contribution in [-0.4, -0.2) is 46.1 Å². The van der Waals surface area contributed by atoms with Crippen LogP contribution in [-0.2, 0) is 4.79 Å². The summed E-state index contributed by atoms with van der Waals surface area (Å²) in [4.78, 5) is 12.4. The molecule has 0 saturated carbocycles. The second-order valence-electron chi connectivity index (χ2n) is 14.6. The summed E-state index contributed by atoms with van der Waals surface area (Å²) in [7, 11) is 0. The predicted molar refractivity (Wildman–Crippen MR) is 208 cm³/mol. The number of unbranched alkanes of at least 4 members (excludes halogenated alkanes) is 28. The molecule has 3 atom stereocenters. The van der Waals surface area contributed by atoms with Gasteiger partial charge in [-0.25, -0.2) is 0 Å². The van der Waals surface area contributed by atoms with Crippen molar-refractivity contribution in [3.05, 3.63) is 24.3 Å². The lowest BCUT2D eigenvalue weighted by Gasteiger charge is -2.21. The van der Waals surface area contributed by atoms with Gasteiger partial charge in [0.2, 0.25) is 5.91 Å². The van der Waals surface area contributed by atoms with Gasteiger partial charge >= 0.3 is 0 Å².